The van der Waals surface area contributed by atoms with Crippen molar-refractivity contribution in [2.45, 2.75) is 31.1 Å². The van der Waals surface area contributed by atoms with E-state index in [-0.39, 0.29) is 0 Å². The molecule has 2 heterocycles. The van der Waals surface area contributed by atoms with Crippen LogP contribution in [0.2, 0.25) is 0 Å². The van der Waals surface area contributed by atoms with Crippen molar-refractivity contribution in [2.24, 2.45) is 0 Å². The van der Waals surface area contributed by atoms with Crippen LogP contribution in [-0.4, -0.2) is 60.3 Å². The Labute approximate surface area is 126 Å². The van der Waals surface area contributed by atoms with Crippen molar-refractivity contribution in [3.8, 4) is 0 Å². The van der Waals surface area contributed by atoms with Crippen LogP contribution in [0.4, 0.5) is 0 Å². The number of hydrogen-bond donors (Lipinski definition) is 0. The third-order valence-corrected chi connectivity index (χ3v) is 5.27. The summed E-state index contributed by atoms with van der Waals surface area (Å²) in [7, 11) is 2.23. The van der Waals surface area contributed by atoms with Gasteiger partial charge in [0, 0.05) is 49.9 Å². The fourth-order valence-electron chi connectivity index (χ4n) is 3.39. The molecular formula is C16H25N3S. The average molecular weight is 291 g/mol. The van der Waals surface area contributed by atoms with Gasteiger partial charge in [-0.2, -0.15) is 11.8 Å². The van der Waals surface area contributed by atoms with Crippen molar-refractivity contribution in [1.82, 2.24) is 14.8 Å². The molecule has 110 valence electrons. The summed E-state index contributed by atoms with van der Waals surface area (Å²) in [6, 6.07) is 3.14. The van der Waals surface area contributed by atoms with Gasteiger partial charge in [-0.3, -0.25) is 9.88 Å². The molecule has 0 radical (unpaired) electrons. The molecule has 1 aromatic rings. The van der Waals surface area contributed by atoms with E-state index in [1.165, 1.54) is 55.8 Å². The first-order valence-corrected chi connectivity index (χ1v) is 9.04. The highest BCUT2D eigenvalue weighted by Crippen LogP contribution is 2.25. The predicted octanol–water partition coefficient (Wildman–Crippen LogP) is 2.05. The predicted molar refractivity (Wildman–Crippen MR) is 86.3 cm³/mol. The highest BCUT2D eigenvalue weighted by atomic mass is 32.2. The molecule has 20 heavy (non-hydrogen) atoms. The second kappa shape index (κ2) is 6.46. The second-order valence-electron chi connectivity index (χ2n) is 6.12. The molecule has 0 bridgehead atoms. The smallest absolute Gasteiger partial charge is 0.0436 e. The van der Waals surface area contributed by atoms with Crippen LogP contribution < -0.4 is 0 Å². The van der Waals surface area contributed by atoms with Crippen molar-refractivity contribution >= 4 is 11.8 Å². The molecule has 0 spiro atoms. The molecule has 4 heteroatoms. The van der Waals surface area contributed by atoms with E-state index in [2.05, 4.69) is 40.4 Å². The number of aryl methyl sites for hydroxylation is 1. The Morgan fingerprint density at radius 1 is 1.30 bits per heavy atom. The number of piperazine rings is 1. The molecule has 1 saturated heterocycles. The largest absolute Gasteiger partial charge is 0.304 e. The van der Waals surface area contributed by atoms with Crippen LogP contribution in [0.5, 0.6) is 0 Å². The molecular weight excluding hydrogens is 266 g/mol. The molecule has 1 aromatic heterocycles. The normalized spacial score (nSPS) is 24.6. The van der Waals surface area contributed by atoms with Crippen molar-refractivity contribution in [2.75, 3.05) is 39.5 Å². The SMILES string of the molecule is CSCc1cnc2c(c1)CC(N1CCN(C)CC1)CC2. The van der Waals surface area contributed by atoms with Gasteiger partial charge < -0.3 is 4.90 Å². The van der Waals surface area contributed by atoms with E-state index >= 15 is 0 Å². The van der Waals surface area contributed by atoms with E-state index in [9.17, 15) is 0 Å². The van der Waals surface area contributed by atoms with Crippen LogP contribution in [0.1, 0.15) is 23.2 Å². The van der Waals surface area contributed by atoms with Crippen LogP contribution in [0.3, 0.4) is 0 Å². The number of thioether (sulfide) groups is 1. The number of nitrogens with zero attached hydrogens (tertiary/aromatic N) is 3. The molecule has 1 aliphatic heterocycles. The van der Waals surface area contributed by atoms with Gasteiger partial charge in [-0.1, -0.05) is 6.07 Å². The van der Waals surface area contributed by atoms with Crippen LogP contribution in [0, 0.1) is 0 Å². The number of aromatic nitrogens is 1. The van der Waals surface area contributed by atoms with E-state index in [1.807, 2.05) is 11.8 Å². The van der Waals surface area contributed by atoms with E-state index < -0.39 is 0 Å². The van der Waals surface area contributed by atoms with Crippen molar-refractivity contribution in [3.63, 3.8) is 0 Å². The fourth-order valence-corrected chi connectivity index (χ4v) is 3.88. The van der Waals surface area contributed by atoms with Crippen molar-refractivity contribution < 1.29 is 0 Å². The Hall–Kier alpha value is -0.580. The molecule has 0 saturated carbocycles. The zero-order chi connectivity index (χ0) is 13.9. The molecule has 0 amide bonds. The van der Waals surface area contributed by atoms with E-state index in [0.29, 0.717) is 0 Å². The maximum absolute atomic E-state index is 4.69. The average Bonchev–Trinajstić information content (AvgIpc) is 2.48. The molecule has 0 aromatic carbocycles. The first-order chi connectivity index (χ1) is 9.76. The van der Waals surface area contributed by atoms with Gasteiger partial charge in [0.2, 0.25) is 0 Å². The molecule has 2 aliphatic rings. The summed E-state index contributed by atoms with van der Waals surface area (Å²) in [5, 5.41) is 0. The Morgan fingerprint density at radius 3 is 2.85 bits per heavy atom. The lowest BCUT2D eigenvalue weighted by atomic mass is 9.90. The minimum absolute atomic E-state index is 0.738. The molecule has 1 aliphatic carbocycles. The summed E-state index contributed by atoms with van der Waals surface area (Å²) in [5.41, 5.74) is 4.24. The minimum atomic E-state index is 0.738. The molecule has 1 atom stereocenters. The maximum atomic E-state index is 4.69. The van der Waals surface area contributed by atoms with E-state index in [1.54, 1.807) is 0 Å². The summed E-state index contributed by atoms with van der Waals surface area (Å²) < 4.78 is 0. The maximum Gasteiger partial charge on any atom is 0.0436 e. The number of pyridine rings is 1. The van der Waals surface area contributed by atoms with E-state index in [4.69, 9.17) is 0 Å². The van der Waals surface area contributed by atoms with Crippen LogP contribution in [0.25, 0.3) is 0 Å². The Kier molecular flexibility index (Phi) is 4.64. The fraction of sp³-hybridized carbons (Fsp3) is 0.688. The summed E-state index contributed by atoms with van der Waals surface area (Å²) in [5.74, 6) is 1.08. The third-order valence-electron chi connectivity index (χ3n) is 4.65. The lowest BCUT2D eigenvalue weighted by molar-refractivity contribution is 0.103. The second-order valence-corrected chi connectivity index (χ2v) is 6.98. The van der Waals surface area contributed by atoms with Gasteiger partial charge in [0.25, 0.3) is 0 Å². The molecule has 0 N–H and O–H groups in total. The van der Waals surface area contributed by atoms with Crippen molar-refractivity contribution in [3.05, 3.63) is 29.1 Å². The van der Waals surface area contributed by atoms with Crippen LogP contribution in [0.15, 0.2) is 12.3 Å². The van der Waals surface area contributed by atoms with Gasteiger partial charge >= 0.3 is 0 Å². The standard InChI is InChI=1S/C16H25N3S/c1-18-5-7-19(8-6-18)15-3-4-16-14(10-15)9-13(11-17-16)12-20-2/h9,11,15H,3-8,10,12H2,1-2H3. The third kappa shape index (κ3) is 3.18. The van der Waals surface area contributed by atoms with Crippen LogP contribution in [-0.2, 0) is 18.6 Å². The first-order valence-electron chi connectivity index (χ1n) is 7.64. The Bertz CT molecular complexity index is 455. The van der Waals surface area contributed by atoms with E-state index in [0.717, 1.165) is 18.2 Å². The number of rotatable bonds is 3. The first kappa shape index (κ1) is 14.4. The van der Waals surface area contributed by atoms with Gasteiger partial charge in [-0.15, -0.1) is 0 Å². The highest BCUT2D eigenvalue weighted by molar-refractivity contribution is 7.97. The summed E-state index contributed by atoms with van der Waals surface area (Å²) in [6.07, 6.45) is 7.88. The topological polar surface area (TPSA) is 19.4 Å². The Morgan fingerprint density at radius 2 is 2.10 bits per heavy atom. The lowest BCUT2D eigenvalue weighted by Gasteiger charge is -2.40. The Balaban J connectivity index is 1.69. The summed E-state index contributed by atoms with van der Waals surface area (Å²) in [4.78, 5) is 9.82. The van der Waals surface area contributed by atoms with Crippen LogP contribution >= 0.6 is 11.8 Å². The number of hydrogen-bond acceptors (Lipinski definition) is 4. The summed E-state index contributed by atoms with van der Waals surface area (Å²) >= 11 is 1.88. The highest BCUT2D eigenvalue weighted by Gasteiger charge is 2.27. The minimum Gasteiger partial charge on any atom is -0.304 e. The molecule has 3 nitrogen and oxygen atoms in total. The molecule has 1 fully saturated rings. The van der Waals surface area contributed by atoms with Gasteiger partial charge in [0.15, 0.2) is 0 Å². The quantitative estimate of drug-likeness (QED) is 0.848. The van der Waals surface area contributed by atoms with Gasteiger partial charge in [-0.05, 0) is 43.7 Å². The van der Waals surface area contributed by atoms with Gasteiger partial charge in [0.05, 0.1) is 0 Å². The van der Waals surface area contributed by atoms with Gasteiger partial charge in [-0.25, -0.2) is 0 Å². The zero-order valence-electron chi connectivity index (χ0n) is 12.6. The summed E-state index contributed by atoms with van der Waals surface area (Å²) in [6.45, 7) is 4.89. The molecule has 1 unspecified atom stereocenters. The van der Waals surface area contributed by atoms with Crippen molar-refractivity contribution in [1.29, 1.82) is 0 Å². The number of likely N-dealkylation sites (N-methyl/N-ethyl adjacent to an activating group) is 1. The lowest BCUT2D eigenvalue weighted by Crippen LogP contribution is -2.50. The van der Waals surface area contributed by atoms with Gasteiger partial charge in [0.1, 0.15) is 0 Å². The monoisotopic (exact) mass is 291 g/mol. The zero-order valence-corrected chi connectivity index (χ0v) is 13.5. The number of fused-ring (bicyclic) bond motifs is 1. The molecule has 3 rings (SSSR count).